The van der Waals surface area contributed by atoms with Crippen LogP contribution in [0.2, 0.25) is 0 Å². The van der Waals surface area contributed by atoms with Crippen LogP contribution in [-0.4, -0.2) is 47.4 Å². The minimum Gasteiger partial charge on any atom is -0.335 e. The molecule has 0 N–H and O–H groups in total. The zero-order chi connectivity index (χ0) is 12.1. The summed E-state index contributed by atoms with van der Waals surface area (Å²) in [5.74, 6) is 1.76. The monoisotopic (exact) mass is 246 g/mol. The number of amides is 1. The summed E-state index contributed by atoms with van der Waals surface area (Å²) in [7, 11) is 0. The van der Waals surface area contributed by atoms with Gasteiger partial charge >= 0.3 is 0 Å². The number of carbonyl (C=O) groups excluding carboxylic acids is 1. The Balaban J connectivity index is 1.68. The highest BCUT2D eigenvalue weighted by molar-refractivity contribution is 5.88. The van der Waals surface area contributed by atoms with Crippen molar-refractivity contribution in [2.24, 2.45) is 11.8 Å². The predicted octanol–water partition coefficient (Wildman–Crippen LogP) is 1.65. The van der Waals surface area contributed by atoms with Crippen molar-refractivity contribution in [1.82, 2.24) is 9.80 Å². The van der Waals surface area contributed by atoms with E-state index in [-0.39, 0.29) is 5.91 Å². The molecule has 18 heavy (non-hydrogen) atoms. The van der Waals surface area contributed by atoms with Gasteiger partial charge in [0, 0.05) is 18.6 Å². The Bertz CT molecular complexity index is 390. The first-order valence-corrected chi connectivity index (χ1v) is 7.56. The van der Waals surface area contributed by atoms with Crippen LogP contribution < -0.4 is 0 Å². The first kappa shape index (κ1) is 11.0. The summed E-state index contributed by atoms with van der Waals surface area (Å²) < 4.78 is 0. The van der Waals surface area contributed by atoms with Crippen LogP contribution in [0.4, 0.5) is 0 Å². The number of piperidine rings is 3. The molecule has 0 aromatic rings. The first-order chi connectivity index (χ1) is 8.84. The molecule has 3 saturated heterocycles. The van der Waals surface area contributed by atoms with Crippen LogP contribution in [0, 0.1) is 11.8 Å². The van der Waals surface area contributed by atoms with E-state index in [2.05, 4.69) is 15.9 Å². The minimum atomic E-state index is 0.271. The Morgan fingerprint density at radius 3 is 2.89 bits per heavy atom. The molecule has 2 unspecified atom stereocenters. The lowest BCUT2D eigenvalue weighted by molar-refractivity contribution is -0.141. The molecule has 98 valence electrons. The number of fused-ring (bicyclic) bond motifs is 2. The van der Waals surface area contributed by atoms with Gasteiger partial charge in [-0.2, -0.15) is 0 Å². The van der Waals surface area contributed by atoms with Gasteiger partial charge < -0.3 is 4.90 Å². The van der Waals surface area contributed by atoms with Crippen LogP contribution in [0.15, 0.2) is 12.2 Å². The average molecular weight is 246 g/mol. The van der Waals surface area contributed by atoms with Gasteiger partial charge in [-0.3, -0.25) is 9.69 Å². The normalized spacial score (nSPS) is 43.6. The number of rotatable bonds is 0. The van der Waals surface area contributed by atoms with Gasteiger partial charge in [-0.05, 0) is 63.1 Å². The lowest BCUT2D eigenvalue weighted by atomic mass is 9.68. The molecule has 0 spiro atoms. The molecule has 0 aromatic carbocycles. The maximum Gasteiger partial charge on any atom is 0.246 e. The van der Waals surface area contributed by atoms with Gasteiger partial charge in [0.1, 0.15) is 0 Å². The van der Waals surface area contributed by atoms with Crippen LogP contribution >= 0.6 is 0 Å². The first-order valence-electron chi connectivity index (χ1n) is 7.56. The molecule has 4 rings (SSSR count). The summed E-state index contributed by atoms with van der Waals surface area (Å²) in [4.78, 5) is 17.0. The van der Waals surface area contributed by atoms with Crippen molar-refractivity contribution < 1.29 is 4.79 Å². The topological polar surface area (TPSA) is 23.6 Å². The lowest BCUT2D eigenvalue weighted by Gasteiger charge is -2.57. The number of carbonyl (C=O) groups is 1. The molecular weight excluding hydrogens is 224 g/mol. The summed E-state index contributed by atoms with van der Waals surface area (Å²) in [6.45, 7) is 3.62. The van der Waals surface area contributed by atoms with Crippen molar-refractivity contribution in [2.45, 2.75) is 44.2 Å². The summed E-state index contributed by atoms with van der Waals surface area (Å²) in [5, 5.41) is 0. The fourth-order valence-corrected chi connectivity index (χ4v) is 4.95. The molecule has 3 heteroatoms. The predicted molar refractivity (Wildman–Crippen MR) is 70.1 cm³/mol. The Hall–Kier alpha value is -0.830. The van der Waals surface area contributed by atoms with Crippen molar-refractivity contribution in [1.29, 1.82) is 0 Å². The molecule has 4 heterocycles. The van der Waals surface area contributed by atoms with E-state index in [9.17, 15) is 4.79 Å². The van der Waals surface area contributed by atoms with E-state index in [1.54, 1.807) is 6.08 Å². The zero-order valence-corrected chi connectivity index (χ0v) is 10.9. The van der Waals surface area contributed by atoms with Gasteiger partial charge in [-0.1, -0.05) is 6.08 Å². The number of hydrogen-bond acceptors (Lipinski definition) is 2. The second-order valence-corrected chi connectivity index (χ2v) is 6.43. The Morgan fingerprint density at radius 1 is 1.17 bits per heavy atom. The van der Waals surface area contributed by atoms with Crippen molar-refractivity contribution in [2.75, 3.05) is 19.6 Å². The minimum absolute atomic E-state index is 0.271. The second-order valence-electron chi connectivity index (χ2n) is 6.43. The van der Waals surface area contributed by atoms with Gasteiger partial charge in [0.05, 0.1) is 0 Å². The largest absolute Gasteiger partial charge is 0.335 e. The van der Waals surface area contributed by atoms with Gasteiger partial charge in [0.15, 0.2) is 0 Å². The average Bonchev–Trinajstić information content (AvgIpc) is 2.41. The molecule has 1 amide bonds. The van der Waals surface area contributed by atoms with Crippen molar-refractivity contribution in [3.05, 3.63) is 12.2 Å². The highest BCUT2D eigenvalue weighted by Crippen LogP contribution is 2.43. The van der Waals surface area contributed by atoms with Crippen molar-refractivity contribution >= 4 is 5.91 Å². The Kier molecular flexibility index (Phi) is 2.51. The van der Waals surface area contributed by atoms with Crippen LogP contribution in [0.25, 0.3) is 0 Å². The second kappa shape index (κ2) is 4.09. The van der Waals surface area contributed by atoms with Gasteiger partial charge in [0.25, 0.3) is 0 Å². The van der Waals surface area contributed by atoms with Crippen LogP contribution in [0.5, 0.6) is 0 Å². The quantitative estimate of drug-likeness (QED) is 0.649. The molecular formula is C15H22N2O. The molecule has 3 nitrogen and oxygen atoms in total. The van der Waals surface area contributed by atoms with E-state index in [1.165, 1.54) is 38.8 Å². The highest BCUT2D eigenvalue weighted by Gasteiger charge is 2.49. The molecule has 0 aromatic heterocycles. The summed E-state index contributed by atoms with van der Waals surface area (Å²) in [5.41, 5.74) is 0. The fourth-order valence-electron chi connectivity index (χ4n) is 4.95. The molecule has 4 aliphatic rings. The van der Waals surface area contributed by atoms with E-state index in [0.717, 1.165) is 30.8 Å². The van der Waals surface area contributed by atoms with E-state index >= 15 is 0 Å². The molecule has 0 aliphatic carbocycles. The van der Waals surface area contributed by atoms with Crippen LogP contribution in [0.1, 0.15) is 32.1 Å². The third-order valence-corrected chi connectivity index (χ3v) is 5.59. The van der Waals surface area contributed by atoms with E-state index in [4.69, 9.17) is 0 Å². The molecule has 3 fully saturated rings. The summed E-state index contributed by atoms with van der Waals surface area (Å²) in [6.07, 6.45) is 10.3. The summed E-state index contributed by atoms with van der Waals surface area (Å²) in [6, 6.07) is 1.29. The van der Waals surface area contributed by atoms with Gasteiger partial charge in [-0.15, -0.1) is 0 Å². The Morgan fingerprint density at radius 2 is 2.00 bits per heavy atom. The van der Waals surface area contributed by atoms with E-state index in [0.29, 0.717) is 6.04 Å². The molecule has 4 atom stereocenters. The molecule has 0 radical (unpaired) electrons. The highest BCUT2D eigenvalue weighted by atomic mass is 16.2. The van der Waals surface area contributed by atoms with Gasteiger partial charge in [-0.25, -0.2) is 0 Å². The molecule has 4 aliphatic heterocycles. The SMILES string of the molecule is O=C1C=CC[C@@H]2[C@@H]3CCCN4CCCC(CN12)C34. The van der Waals surface area contributed by atoms with Crippen LogP contribution in [0.3, 0.4) is 0 Å². The molecule has 0 saturated carbocycles. The Labute approximate surface area is 109 Å². The smallest absolute Gasteiger partial charge is 0.246 e. The van der Waals surface area contributed by atoms with Gasteiger partial charge in [0.2, 0.25) is 5.91 Å². The summed E-state index contributed by atoms with van der Waals surface area (Å²) >= 11 is 0. The maximum atomic E-state index is 12.1. The number of hydrogen-bond donors (Lipinski definition) is 0. The van der Waals surface area contributed by atoms with Crippen molar-refractivity contribution in [3.63, 3.8) is 0 Å². The standard InChI is InChI=1S/C15H22N2O/c18-14-7-1-6-13-12-5-3-9-16-8-2-4-11(15(12)16)10-17(13)14/h1,7,11-13,15H,2-6,8-10H2/t11?,12-,13+,15?/m0/s1. The third kappa shape index (κ3) is 1.49. The molecule has 0 bridgehead atoms. The van der Waals surface area contributed by atoms with E-state index < -0.39 is 0 Å². The third-order valence-electron chi connectivity index (χ3n) is 5.59. The lowest BCUT2D eigenvalue weighted by Crippen LogP contribution is -2.65. The fraction of sp³-hybridized carbons (Fsp3) is 0.800. The number of nitrogens with zero attached hydrogens (tertiary/aromatic N) is 2. The van der Waals surface area contributed by atoms with Crippen molar-refractivity contribution in [3.8, 4) is 0 Å². The van der Waals surface area contributed by atoms with E-state index in [1.807, 2.05) is 0 Å². The zero-order valence-electron chi connectivity index (χ0n) is 10.9. The maximum absolute atomic E-state index is 12.1. The van der Waals surface area contributed by atoms with Crippen LogP contribution in [-0.2, 0) is 4.79 Å².